The highest BCUT2D eigenvalue weighted by Gasteiger charge is 2.31. The number of hydrogen-bond donors (Lipinski definition) is 1. The van der Waals surface area contributed by atoms with Crippen LogP contribution in [0.3, 0.4) is 0 Å². The first-order valence-corrected chi connectivity index (χ1v) is 6.99. The summed E-state index contributed by atoms with van der Waals surface area (Å²) in [6, 6.07) is 9.31. The van der Waals surface area contributed by atoms with Crippen molar-refractivity contribution in [2.45, 2.75) is 38.4 Å². The van der Waals surface area contributed by atoms with Gasteiger partial charge >= 0.3 is 0 Å². The van der Waals surface area contributed by atoms with Gasteiger partial charge in [-0.05, 0) is 49.6 Å². The molecule has 0 aliphatic heterocycles. The average molecular weight is 274 g/mol. The molecule has 2 aromatic rings. The van der Waals surface area contributed by atoms with Crippen molar-refractivity contribution in [2.24, 2.45) is 5.73 Å². The van der Waals surface area contributed by atoms with Crippen LogP contribution in [-0.2, 0) is 6.54 Å². The summed E-state index contributed by atoms with van der Waals surface area (Å²) in [5.41, 5.74) is 7.25. The predicted molar refractivity (Wildman–Crippen MR) is 76.9 cm³/mol. The van der Waals surface area contributed by atoms with Crippen LogP contribution in [0, 0.1) is 5.82 Å². The van der Waals surface area contributed by atoms with Gasteiger partial charge in [-0.25, -0.2) is 4.39 Å². The summed E-state index contributed by atoms with van der Waals surface area (Å²) in [7, 11) is 0. The van der Waals surface area contributed by atoms with E-state index in [1.165, 1.54) is 6.07 Å². The van der Waals surface area contributed by atoms with Crippen LogP contribution in [0.2, 0.25) is 0 Å². The average Bonchev–Trinajstić information content (AvgIpc) is 3.14. The Morgan fingerprint density at radius 2 is 2.20 bits per heavy atom. The molecule has 1 aromatic carbocycles. The quantitative estimate of drug-likeness (QED) is 0.905. The van der Waals surface area contributed by atoms with Crippen LogP contribution in [0.15, 0.2) is 41.0 Å². The molecule has 0 saturated heterocycles. The molecule has 0 unspecified atom stereocenters. The number of hydrogen-bond acceptors (Lipinski definition) is 3. The van der Waals surface area contributed by atoms with Crippen molar-refractivity contribution in [1.82, 2.24) is 0 Å². The molecule has 106 valence electrons. The minimum atomic E-state index is -0.210. The third kappa shape index (κ3) is 2.70. The first kappa shape index (κ1) is 13.2. The van der Waals surface area contributed by atoms with Gasteiger partial charge in [-0.2, -0.15) is 0 Å². The molecule has 0 radical (unpaired) electrons. The number of nitrogens with two attached hydrogens (primary N) is 1. The van der Waals surface area contributed by atoms with Crippen molar-refractivity contribution in [3.05, 3.63) is 53.7 Å². The molecule has 0 amide bonds. The highest BCUT2D eigenvalue weighted by molar-refractivity contribution is 5.51. The summed E-state index contributed by atoms with van der Waals surface area (Å²) in [5.74, 6) is 0.644. The molecule has 1 aromatic heterocycles. The highest BCUT2D eigenvalue weighted by atomic mass is 19.1. The van der Waals surface area contributed by atoms with Crippen molar-refractivity contribution in [3.8, 4) is 0 Å². The standard InChI is InChI=1S/C16H19FN2O/c1-11(18)12-4-7-16(15(17)9-12)19(13-5-6-13)10-14-3-2-8-20-14/h2-4,7-9,11,13H,5-6,10,18H2,1H3/t11-/m0/s1. The smallest absolute Gasteiger partial charge is 0.146 e. The summed E-state index contributed by atoms with van der Waals surface area (Å²) in [6.45, 7) is 2.46. The zero-order valence-corrected chi connectivity index (χ0v) is 11.6. The molecule has 4 heteroatoms. The molecule has 1 atom stereocenters. The Morgan fingerprint density at radius 3 is 2.75 bits per heavy atom. The van der Waals surface area contributed by atoms with Crippen molar-refractivity contribution < 1.29 is 8.81 Å². The van der Waals surface area contributed by atoms with E-state index in [4.69, 9.17) is 10.2 Å². The summed E-state index contributed by atoms with van der Waals surface area (Å²) in [6.07, 6.45) is 3.86. The molecule has 3 rings (SSSR count). The van der Waals surface area contributed by atoms with Gasteiger partial charge in [-0.1, -0.05) is 6.07 Å². The summed E-state index contributed by atoms with van der Waals surface area (Å²) < 4.78 is 19.7. The van der Waals surface area contributed by atoms with Gasteiger partial charge in [0.15, 0.2) is 0 Å². The van der Waals surface area contributed by atoms with E-state index >= 15 is 0 Å². The zero-order valence-electron chi connectivity index (χ0n) is 11.6. The van der Waals surface area contributed by atoms with Gasteiger partial charge in [-0.15, -0.1) is 0 Å². The van der Waals surface area contributed by atoms with Crippen LogP contribution < -0.4 is 10.6 Å². The maximum Gasteiger partial charge on any atom is 0.146 e. The van der Waals surface area contributed by atoms with Crippen molar-refractivity contribution in [3.63, 3.8) is 0 Å². The van der Waals surface area contributed by atoms with Crippen LogP contribution in [0.25, 0.3) is 0 Å². The van der Waals surface area contributed by atoms with Gasteiger partial charge in [0.05, 0.1) is 18.5 Å². The van der Waals surface area contributed by atoms with E-state index < -0.39 is 0 Å². The number of halogens is 1. The molecule has 0 bridgehead atoms. The Kier molecular flexibility index (Phi) is 3.49. The largest absolute Gasteiger partial charge is 0.467 e. The normalized spacial score (nSPS) is 16.1. The molecule has 1 heterocycles. The monoisotopic (exact) mass is 274 g/mol. The Balaban J connectivity index is 1.87. The van der Waals surface area contributed by atoms with Crippen LogP contribution in [0.4, 0.5) is 10.1 Å². The first-order valence-electron chi connectivity index (χ1n) is 6.99. The maximum atomic E-state index is 14.3. The van der Waals surface area contributed by atoms with Crippen LogP contribution in [-0.4, -0.2) is 6.04 Å². The van der Waals surface area contributed by atoms with E-state index in [1.54, 1.807) is 6.26 Å². The van der Waals surface area contributed by atoms with E-state index in [-0.39, 0.29) is 11.9 Å². The third-order valence-electron chi connectivity index (χ3n) is 3.70. The van der Waals surface area contributed by atoms with E-state index in [2.05, 4.69) is 4.90 Å². The number of nitrogens with zero attached hydrogens (tertiary/aromatic N) is 1. The lowest BCUT2D eigenvalue weighted by atomic mass is 10.1. The van der Waals surface area contributed by atoms with Gasteiger partial charge in [0.1, 0.15) is 11.6 Å². The zero-order chi connectivity index (χ0) is 14.1. The molecule has 0 spiro atoms. The minimum absolute atomic E-state index is 0.155. The number of benzene rings is 1. The van der Waals surface area contributed by atoms with Gasteiger partial charge in [0, 0.05) is 12.1 Å². The molecular weight excluding hydrogens is 255 g/mol. The fraction of sp³-hybridized carbons (Fsp3) is 0.375. The van der Waals surface area contributed by atoms with Gasteiger partial charge < -0.3 is 15.1 Å². The predicted octanol–water partition coefficient (Wildman–Crippen LogP) is 3.61. The lowest BCUT2D eigenvalue weighted by Gasteiger charge is -2.24. The lowest BCUT2D eigenvalue weighted by Crippen LogP contribution is -2.26. The molecule has 1 aliphatic rings. The minimum Gasteiger partial charge on any atom is -0.467 e. The Morgan fingerprint density at radius 1 is 1.40 bits per heavy atom. The van der Waals surface area contributed by atoms with Crippen LogP contribution in [0.1, 0.15) is 37.1 Å². The van der Waals surface area contributed by atoms with E-state index in [1.807, 2.05) is 31.2 Å². The summed E-state index contributed by atoms with van der Waals surface area (Å²) >= 11 is 0. The SMILES string of the molecule is C[C@H](N)c1ccc(N(Cc2ccco2)C2CC2)c(F)c1. The van der Waals surface area contributed by atoms with Crippen LogP contribution in [0.5, 0.6) is 0 Å². The molecule has 2 N–H and O–H groups in total. The summed E-state index contributed by atoms with van der Waals surface area (Å²) in [5, 5.41) is 0. The Hall–Kier alpha value is -1.81. The van der Waals surface area contributed by atoms with Crippen molar-refractivity contribution in [1.29, 1.82) is 0 Å². The van der Waals surface area contributed by atoms with E-state index in [0.29, 0.717) is 18.3 Å². The number of rotatable bonds is 5. The number of furan rings is 1. The fourth-order valence-electron chi connectivity index (χ4n) is 2.41. The van der Waals surface area contributed by atoms with Crippen molar-refractivity contribution in [2.75, 3.05) is 4.90 Å². The second-order valence-electron chi connectivity index (χ2n) is 5.44. The fourth-order valence-corrected chi connectivity index (χ4v) is 2.41. The van der Waals surface area contributed by atoms with Gasteiger partial charge in [-0.3, -0.25) is 0 Å². The maximum absolute atomic E-state index is 14.3. The van der Waals surface area contributed by atoms with E-state index in [9.17, 15) is 4.39 Å². The third-order valence-corrected chi connectivity index (χ3v) is 3.70. The highest BCUT2D eigenvalue weighted by Crippen LogP contribution is 2.35. The second-order valence-corrected chi connectivity index (χ2v) is 5.44. The second kappa shape index (κ2) is 5.29. The topological polar surface area (TPSA) is 42.4 Å². The molecule has 3 nitrogen and oxygen atoms in total. The van der Waals surface area contributed by atoms with Gasteiger partial charge in [0.25, 0.3) is 0 Å². The number of anilines is 1. The molecule has 20 heavy (non-hydrogen) atoms. The Labute approximate surface area is 118 Å². The summed E-state index contributed by atoms with van der Waals surface area (Å²) in [4.78, 5) is 2.08. The molecule has 1 fully saturated rings. The first-order chi connectivity index (χ1) is 9.65. The molecule has 1 aliphatic carbocycles. The lowest BCUT2D eigenvalue weighted by molar-refractivity contribution is 0.498. The Bertz CT molecular complexity index is 576. The van der Waals surface area contributed by atoms with Gasteiger partial charge in [0.2, 0.25) is 0 Å². The van der Waals surface area contributed by atoms with Crippen LogP contribution >= 0.6 is 0 Å². The molecular formula is C16H19FN2O. The van der Waals surface area contributed by atoms with E-state index in [0.717, 1.165) is 24.2 Å². The molecule has 1 saturated carbocycles. The van der Waals surface area contributed by atoms with Crippen molar-refractivity contribution >= 4 is 5.69 Å².